The number of hydrogen-bond acceptors (Lipinski definition) is 5. The normalized spacial score (nSPS) is 21.6. The van der Waals surface area contributed by atoms with Gasteiger partial charge in [0.2, 0.25) is 11.8 Å². The van der Waals surface area contributed by atoms with Gasteiger partial charge in [0.25, 0.3) is 10.0 Å². The lowest BCUT2D eigenvalue weighted by Crippen LogP contribution is -2.49. The van der Waals surface area contributed by atoms with Gasteiger partial charge in [-0.15, -0.1) is 0 Å². The summed E-state index contributed by atoms with van der Waals surface area (Å²) in [5.41, 5.74) is 2.07. The molecule has 4 rings (SSSR count). The average Bonchev–Trinajstić information content (AvgIpc) is 3.33. The summed E-state index contributed by atoms with van der Waals surface area (Å²) in [6.45, 7) is 0.896. The molecule has 8 nitrogen and oxygen atoms in total. The molecular weight excluding hydrogens is 530 g/mol. The van der Waals surface area contributed by atoms with E-state index < -0.39 is 57.1 Å². The summed E-state index contributed by atoms with van der Waals surface area (Å²) >= 11 is 0. The molecule has 2 amide bonds. The number of nitrogens with two attached hydrogens (primary N) is 1. The second-order valence-electron chi connectivity index (χ2n) is 9.71. The van der Waals surface area contributed by atoms with Gasteiger partial charge >= 0.3 is 6.18 Å². The number of sulfonamides is 1. The van der Waals surface area contributed by atoms with Gasteiger partial charge < -0.3 is 15.7 Å². The number of halogens is 4. The molecule has 3 atom stereocenters. The Morgan fingerprint density at radius 3 is 2.37 bits per heavy atom. The summed E-state index contributed by atoms with van der Waals surface area (Å²) in [6.07, 6.45) is -4.11. The van der Waals surface area contributed by atoms with Gasteiger partial charge in [0, 0.05) is 13.0 Å². The first-order valence-electron chi connectivity index (χ1n) is 12.0. The number of carbonyl (C=O) groups is 2. The SMILES string of the molecule is CC(O)(c1ccc2c(c1)CC[C@@H](CC(=O)N1CCC[C@H]1C(N)=O)N2S(=O)(=O)c1ccc(F)cc1)C(F)(F)F. The van der Waals surface area contributed by atoms with Crippen molar-refractivity contribution in [2.45, 2.75) is 67.8 Å². The van der Waals surface area contributed by atoms with Gasteiger partial charge in [0.1, 0.15) is 11.9 Å². The summed E-state index contributed by atoms with van der Waals surface area (Å²) in [6, 6.07) is 5.58. The Morgan fingerprint density at radius 2 is 1.76 bits per heavy atom. The van der Waals surface area contributed by atoms with Gasteiger partial charge in [-0.3, -0.25) is 13.9 Å². The molecule has 2 heterocycles. The molecule has 2 aliphatic heterocycles. The van der Waals surface area contributed by atoms with Crippen LogP contribution in [0, 0.1) is 5.82 Å². The highest BCUT2D eigenvalue weighted by molar-refractivity contribution is 7.92. The first-order valence-corrected chi connectivity index (χ1v) is 13.4. The van der Waals surface area contributed by atoms with Crippen molar-refractivity contribution in [2.75, 3.05) is 10.8 Å². The van der Waals surface area contributed by atoms with Crippen molar-refractivity contribution in [3.63, 3.8) is 0 Å². The Hall–Kier alpha value is -3.19. The summed E-state index contributed by atoms with van der Waals surface area (Å²) in [5.74, 6) is -1.80. The standard InChI is InChI=1S/C25H27F4N3O5S/c1-24(35,25(27,28)29)16-5-11-20-15(13-16)4-8-18(14-22(33)31-12-2-3-21(31)23(30)34)32(20)38(36,37)19-9-6-17(26)7-10-19/h5-7,9-11,13,18,21,35H,2-4,8,12,14H2,1H3,(H2,30,34)/t18-,21-,24?/m0/s1. The molecule has 0 spiro atoms. The number of amides is 2. The number of aryl methyl sites for hydroxylation is 1. The fourth-order valence-corrected chi connectivity index (χ4v) is 6.73. The van der Waals surface area contributed by atoms with Gasteiger partial charge in [-0.05, 0) is 74.1 Å². The predicted octanol–water partition coefficient (Wildman–Crippen LogP) is 2.97. The van der Waals surface area contributed by atoms with Crippen molar-refractivity contribution in [2.24, 2.45) is 5.73 Å². The molecule has 1 saturated heterocycles. The number of rotatable bonds is 6. The molecule has 0 bridgehead atoms. The van der Waals surface area contributed by atoms with E-state index in [1.807, 2.05) is 0 Å². The number of likely N-dealkylation sites (tertiary alicyclic amines) is 1. The largest absolute Gasteiger partial charge is 0.421 e. The number of fused-ring (bicyclic) bond motifs is 1. The third-order valence-electron chi connectivity index (χ3n) is 7.19. The number of hydrogen-bond donors (Lipinski definition) is 2. The zero-order valence-corrected chi connectivity index (χ0v) is 21.2. The van der Waals surface area contributed by atoms with E-state index in [1.165, 1.54) is 11.0 Å². The fourth-order valence-electron chi connectivity index (χ4n) is 5.01. The van der Waals surface area contributed by atoms with E-state index in [9.17, 15) is 40.7 Å². The number of carbonyl (C=O) groups excluding carboxylic acids is 2. The maximum atomic E-state index is 13.8. The lowest BCUT2D eigenvalue weighted by atomic mass is 9.89. The van der Waals surface area contributed by atoms with Gasteiger partial charge in [-0.25, -0.2) is 12.8 Å². The molecule has 2 aliphatic rings. The number of aliphatic hydroxyl groups is 1. The van der Waals surface area contributed by atoms with E-state index in [4.69, 9.17) is 5.73 Å². The molecule has 0 radical (unpaired) electrons. The number of primary amides is 1. The van der Waals surface area contributed by atoms with Crippen molar-refractivity contribution in [1.29, 1.82) is 0 Å². The van der Waals surface area contributed by atoms with Crippen LogP contribution in [0.15, 0.2) is 47.4 Å². The Kier molecular flexibility index (Phi) is 7.21. The minimum absolute atomic E-state index is 0.0490. The van der Waals surface area contributed by atoms with Crippen LogP contribution in [-0.2, 0) is 31.6 Å². The van der Waals surface area contributed by atoms with Crippen LogP contribution in [0.3, 0.4) is 0 Å². The van der Waals surface area contributed by atoms with Gasteiger partial charge in [-0.2, -0.15) is 13.2 Å². The van der Waals surface area contributed by atoms with Crippen LogP contribution < -0.4 is 10.0 Å². The molecule has 3 N–H and O–H groups in total. The van der Waals surface area contributed by atoms with Crippen LogP contribution in [-0.4, -0.2) is 55.0 Å². The average molecular weight is 558 g/mol. The zero-order valence-electron chi connectivity index (χ0n) is 20.4. The summed E-state index contributed by atoms with van der Waals surface area (Å²) in [4.78, 5) is 26.0. The Labute approximate surface area is 217 Å². The van der Waals surface area contributed by atoms with Crippen LogP contribution in [0.2, 0.25) is 0 Å². The van der Waals surface area contributed by atoms with Crippen LogP contribution >= 0.6 is 0 Å². The van der Waals surface area contributed by atoms with E-state index in [2.05, 4.69) is 0 Å². The number of anilines is 1. The Morgan fingerprint density at radius 1 is 1.11 bits per heavy atom. The lowest BCUT2D eigenvalue weighted by molar-refractivity contribution is -0.258. The molecule has 206 valence electrons. The molecule has 1 unspecified atom stereocenters. The van der Waals surface area contributed by atoms with Crippen LogP contribution in [0.5, 0.6) is 0 Å². The van der Waals surface area contributed by atoms with Crippen LogP contribution in [0.1, 0.15) is 43.7 Å². The highest BCUT2D eigenvalue weighted by Gasteiger charge is 2.51. The molecule has 2 aromatic carbocycles. The van der Waals surface area contributed by atoms with E-state index >= 15 is 0 Å². The molecule has 0 saturated carbocycles. The lowest BCUT2D eigenvalue weighted by Gasteiger charge is -2.39. The topological polar surface area (TPSA) is 121 Å². The van der Waals surface area contributed by atoms with E-state index in [0.29, 0.717) is 19.8 Å². The number of nitrogens with zero attached hydrogens (tertiary/aromatic N) is 2. The van der Waals surface area contributed by atoms with E-state index in [1.54, 1.807) is 0 Å². The monoisotopic (exact) mass is 557 g/mol. The quantitative estimate of drug-likeness (QED) is 0.529. The van der Waals surface area contributed by atoms with Crippen molar-refractivity contribution in [3.05, 3.63) is 59.4 Å². The zero-order chi connectivity index (χ0) is 28.0. The molecule has 13 heteroatoms. The molecule has 2 aromatic rings. The summed E-state index contributed by atoms with van der Waals surface area (Å²) in [7, 11) is -4.40. The minimum Gasteiger partial charge on any atom is -0.376 e. The van der Waals surface area contributed by atoms with Crippen LogP contribution in [0.25, 0.3) is 0 Å². The maximum absolute atomic E-state index is 13.8. The molecular formula is C25H27F4N3O5S. The van der Waals surface area contributed by atoms with E-state index in [-0.39, 0.29) is 42.0 Å². The highest BCUT2D eigenvalue weighted by atomic mass is 32.2. The highest BCUT2D eigenvalue weighted by Crippen LogP contribution is 2.43. The van der Waals surface area contributed by atoms with Crippen molar-refractivity contribution in [3.8, 4) is 0 Å². The van der Waals surface area contributed by atoms with Gasteiger partial charge in [0.05, 0.1) is 16.6 Å². The van der Waals surface area contributed by atoms with Gasteiger partial charge in [0.15, 0.2) is 5.60 Å². The first kappa shape index (κ1) is 27.8. The van der Waals surface area contributed by atoms with E-state index in [0.717, 1.165) is 40.7 Å². The molecule has 0 aromatic heterocycles. The van der Waals surface area contributed by atoms with Crippen molar-refractivity contribution >= 4 is 27.5 Å². The molecule has 0 aliphatic carbocycles. The smallest absolute Gasteiger partial charge is 0.376 e. The predicted molar refractivity (Wildman–Crippen MR) is 129 cm³/mol. The second kappa shape index (κ2) is 9.84. The minimum atomic E-state index is -4.97. The third-order valence-corrected chi connectivity index (χ3v) is 9.07. The molecule has 1 fully saturated rings. The maximum Gasteiger partial charge on any atom is 0.421 e. The number of benzene rings is 2. The van der Waals surface area contributed by atoms with Gasteiger partial charge in [-0.1, -0.05) is 12.1 Å². The Balaban J connectivity index is 1.76. The Bertz CT molecular complexity index is 1350. The number of alkyl halides is 3. The first-order chi connectivity index (χ1) is 17.6. The van der Waals surface area contributed by atoms with Crippen molar-refractivity contribution < 1.29 is 40.7 Å². The second-order valence-corrected chi connectivity index (χ2v) is 11.5. The van der Waals surface area contributed by atoms with Crippen molar-refractivity contribution in [1.82, 2.24) is 4.90 Å². The fraction of sp³-hybridized carbons (Fsp3) is 0.440. The summed E-state index contributed by atoms with van der Waals surface area (Å²) < 4.78 is 82.4. The third kappa shape index (κ3) is 4.96. The summed E-state index contributed by atoms with van der Waals surface area (Å²) in [5, 5.41) is 10.1. The molecule has 38 heavy (non-hydrogen) atoms. The van der Waals surface area contributed by atoms with Crippen LogP contribution in [0.4, 0.5) is 23.2 Å².